The zero-order valence-corrected chi connectivity index (χ0v) is 36.0. The standard InChI is InChI=1S/C62H46N2/c1-62(2)57-21-13-12-20-54(57)55-37-36-52(41-58(55)62)63(50-32-26-45(27-33-50)44-24-22-43(23-25-44)42-14-6-3-7-15-42)51-34-28-46(29-35-51)48-31-38-59-56(40-48)61-53-19-11-4-8-16-47(53)30-39-60(61)64(59)49-17-9-5-10-18-49/h3,5-41H,4H2,1-2H3. The number of anilines is 3. The van der Waals surface area contributed by atoms with Gasteiger partial charge in [0.05, 0.1) is 11.0 Å². The van der Waals surface area contributed by atoms with Crippen molar-refractivity contribution in [2.75, 3.05) is 4.90 Å². The lowest BCUT2D eigenvalue weighted by atomic mass is 9.82. The van der Waals surface area contributed by atoms with Crippen molar-refractivity contribution >= 4 is 51.0 Å². The Morgan fingerprint density at radius 2 is 0.953 bits per heavy atom. The largest absolute Gasteiger partial charge is 0.310 e. The Hall–Kier alpha value is -7.94. The molecule has 304 valence electrons. The van der Waals surface area contributed by atoms with E-state index < -0.39 is 0 Å². The maximum absolute atomic E-state index is 2.42. The second-order valence-electron chi connectivity index (χ2n) is 17.7. The first kappa shape index (κ1) is 37.8. The second kappa shape index (κ2) is 15.1. The summed E-state index contributed by atoms with van der Waals surface area (Å²) in [5.74, 6) is 0. The third kappa shape index (κ3) is 6.25. The highest BCUT2D eigenvalue weighted by atomic mass is 15.1. The van der Waals surface area contributed by atoms with Gasteiger partial charge in [-0.15, -0.1) is 0 Å². The molecule has 2 heteroatoms. The molecule has 0 aliphatic heterocycles. The quantitative estimate of drug-likeness (QED) is 0.156. The predicted molar refractivity (Wildman–Crippen MR) is 272 cm³/mol. The summed E-state index contributed by atoms with van der Waals surface area (Å²) in [6.07, 6.45) is 10.1. The van der Waals surface area contributed by atoms with Crippen LogP contribution >= 0.6 is 0 Å². The van der Waals surface area contributed by atoms with Crippen molar-refractivity contribution in [2.24, 2.45) is 0 Å². The molecule has 2 aliphatic rings. The molecular weight excluding hydrogens is 773 g/mol. The molecule has 1 heterocycles. The van der Waals surface area contributed by atoms with Gasteiger partial charge in [-0.2, -0.15) is 0 Å². The van der Waals surface area contributed by atoms with E-state index in [4.69, 9.17) is 0 Å². The Bertz CT molecular complexity index is 3440. The maximum atomic E-state index is 2.42. The number of nitrogens with zero attached hydrogens (tertiary/aromatic N) is 2. The highest BCUT2D eigenvalue weighted by Gasteiger charge is 2.35. The molecule has 10 aromatic rings. The molecule has 9 aromatic carbocycles. The van der Waals surface area contributed by atoms with Gasteiger partial charge in [-0.25, -0.2) is 0 Å². The number of benzene rings is 9. The molecule has 2 aliphatic carbocycles. The molecule has 0 amide bonds. The van der Waals surface area contributed by atoms with Crippen molar-refractivity contribution < 1.29 is 0 Å². The number of aromatic nitrogens is 1. The third-order valence-corrected chi connectivity index (χ3v) is 13.6. The average Bonchev–Trinajstić information content (AvgIpc) is 3.66. The number of rotatable bonds is 7. The van der Waals surface area contributed by atoms with Crippen LogP contribution in [0.3, 0.4) is 0 Å². The SMILES string of the molecule is CC1(C)c2ccccc2-c2ccc(N(c3ccc(-c4ccc(-c5ccccc5)cc4)cc3)c3ccc(-c4ccc5c(c4)c4c6c(ccc4n5-c4ccccc4)C=CCC=C6)cc3)cc21. The smallest absolute Gasteiger partial charge is 0.0547 e. The first-order valence-corrected chi connectivity index (χ1v) is 22.4. The van der Waals surface area contributed by atoms with Crippen molar-refractivity contribution in [1.29, 1.82) is 0 Å². The van der Waals surface area contributed by atoms with Gasteiger partial charge in [0.15, 0.2) is 0 Å². The summed E-state index contributed by atoms with van der Waals surface area (Å²) in [5.41, 5.74) is 22.0. The highest BCUT2D eigenvalue weighted by Crippen LogP contribution is 2.51. The molecule has 0 bridgehead atoms. The van der Waals surface area contributed by atoms with E-state index >= 15 is 0 Å². The number of fused-ring (bicyclic) bond motifs is 8. The Balaban J connectivity index is 0.952. The van der Waals surface area contributed by atoms with Crippen LogP contribution in [0.2, 0.25) is 0 Å². The molecule has 1 aromatic heterocycles. The zero-order valence-electron chi connectivity index (χ0n) is 36.0. The van der Waals surface area contributed by atoms with Crippen LogP contribution in [0.1, 0.15) is 42.5 Å². The van der Waals surface area contributed by atoms with Crippen molar-refractivity contribution in [3.8, 4) is 50.2 Å². The van der Waals surface area contributed by atoms with E-state index in [2.05, 4.69) is 254 Å². The van der Waals surface area contributed by atoms with Gasteiger partial charge in [-0.05, 0) is 140 Å². The fourth-order valence-electron chi connectivity index (χ4n) is 10.3. The molecule has 0 saturated heterocycles. The molecule has 2 nitrogen and oxygen atoms in total. The molecule has 0 fully saturated rings. The van der Waals surface area contributed by atoms with Gasteiger partial charge in [-0.3, -0.25) is 0 Å². The van der Waals surface area contributed by atoms with E-state index in [-0.39, 0.29) is 5.41 Å². The fourth-order valence-corrected chi connectivity index (χ4v) is 10.3. The normalized spacial score (nSPS) is 13.4. The molecule has 0 spiro atoms. The van der Waals surface area contributed by atoms with E-state index in [0.717, 1.165) is 23.5 Å². The summed E-state index contributed by atoms with van der Waals surface area (Å²) in [6.45, 7) is 4.72. The molecular formula is C62H46N2. The Morgan fingerprint density at radius 3 is 1.66 bits per heavy atom. The average molecular weight is 819 g/mol. The summed E-state index contributed by atoms with van der Waals surface area (Å²) < 4.78 is 2.42. The predicted octanol–water partition coefficient (Wildman–Crippen LogP) is 17.0. The fraction of sp³-hybridized carbons (Fsp3) is 0.0645. The molecule has 64 heavy (non-hydrogen) atoms. The van der Waals surface area contributed by atoms with E-state index in [1.165, 1.54) is 94.3 Å². The molecule has 0 saturated carbocycles. The molecule has 0 atom stereocenters. The van der Waals surface area contributed by atoms with Crippen LogP contribution in [0.5, 0.6) is 0 Å². The number of hydrogen-bond acceptors (Lipinski definition) is 1. The van der Waals surface area contributed by atoms with Gasteiger partial charge in [0.25, 0.3) is 0 Å². The van der Waals surface area contributed by atoms with Gasteiger partial charge >= 0.3 is 0 Å². The van der Waals surface area contributed by atoms with Gasteiger partial charge in [-0.1, -0.05) is 178 Å². The monoisotopic (exact) mass is 818 g/mol. The summed E-state index contributed by atoms with van der Waals surface area (Å²) >= 11 is 0. The molecule has 12 rings (SSSR count). The Labute approximate surface area is 375 Å². The summed E-state index contributed by atoms with van der Waals surface area (Å²) in [4.78, 5) is 2.41. The highest BCUT2D eigenvalue weighted by molar-refractivity contribution is 6.15. The van der Waals surface area contributed by atoms with Crippen molar-refractivity contribution in [3.63, 3.8) is 0 Å². The van der Waals surface area contributed by atoms with E-state index in [9.17, 15) is 0 Å². The number of para-hydroxylation sites is 1. The minimum atomic E-state index is -0.111. The van der Waals surface area contributed by atoms with E-state index in [1.807, 2.05) is 0 Å². The van der Waals surface area contributed by atoms with Crippen LogP contribution in [-0.4, -0.2) is 4.57 Å². The van der Waals surface area contributed by atoms with E-state index in [1.54, 1.807) is 0 Å². The molecule has 0 N–H and O–H groups in total. The lowest BCUT2D eigenvalue weighted by molar-refractivity contribution is 0.660. The van der Waals surface area contributed by atoms with E-state index in [0.29, 0.717) is 0 Å². The van der Waals surface area contributed by atoms with Crippen LogP contribution in [0.25, 0.3) is 84.2 Å². The Morgan fingerprint density at radius 1 is 0.422 bits per heavy atom. The van der Waals surface area contributed by atoms with Gasteiger partial charge in [0, 0.05) is 38.9 Å². The first-order chi connectivity index (χ1) is 31.5. The second-order valence-corrected chi connectivity index (χ2v) is 17.7. The number of hydrogen-bond donors (Lipinski definition) is 0. The lowest BCUT2D eigenvalue weighted by Gasteiger charge is -2.28. The summed E-state index contributed by atoms with van der Waals surface area (Å²) in [5, 5.41) is 2.55. The van der Waals surface area contributed by atoms with Crippen molar-refractivity contribution in [1.82, 2.24) is 4.57 Å². The van der Waals surface area contributed by atoms with Crippen LogP contribution in [0.15, 0.2) is 218 Å². The summed E-state index contributed by atoms with van der Waals surface area (Å²) in [7, 11) is 0. The minimum absolute atomic E-state index is 0.111. The Kier molecular flexibility index (Phi) is 8.95. The van der Waals surface area contributed by atoms with Crippen LogP contribution in [0.4, 0.5) is 17.1 Å². The van der Waals surface area contributed by atoms with Crippen LogP contribution in [-0.2, 0) is 5.41 Å². The maximum Gasteiger partial charge on any atom is 0.0547 e. The first-order valence-electron chi connectivity index (χ1n) is 22.4. The zero-order chi connectivity index (χ0) is 42.8. The van der Waals surface area contributed by atoms with Gasteiger partial charge < -0.3 is 9.47 Å². The number of allylic oxidation sites excluding steroid dienone is 2. The lowest BCUT2D eigenvalue weighted by Crippen LogP contribution is -2.16. The van der Waals surface area contributed by atoms with Crippen LogP contribution < -0.4 is 4.90 Å². The van der Waals surface area contributed by atoms with Crippen molar-refractivity contribution in [2.45, 2.75) is 25.7 Å². The third-order valence-electron chi connectivity index (χ3n) is 13.6. The topological polar surface area (TPSA) is 8.17 Å². The van der Waals surface area contributed by atoms with Crippen LogP contribution in [0, 0.1) is 0 Å². The molecule has 0 unspecified atom stereocenters. The van der Waals surface area contributed by atoms with Gasteiger partial charge in [0.1, 0.15) is 0 Å². The van der Waals surface area contributed by atoms with Gasteiger partial charge in [0.2, 0.25) is 0 Å². The summed E-state index contributed by atoms with van der Waals surface area (Å²) in [6, 6.07) is 75.9. The minimum Gasteiger partial charge on any atom is -0.310 e. The van der Waals surface area contributed by atoms with Crippen molar-refractivity contribution in [3.05, 3.63) is 241 Å². The molecule has 0 radical (unpaired) electrons.